The van der Waals surface area contributed by atoms with Crippen LogP contribution in [-0.2, 0) is 10.2 Å². The average Bonchev–Trinajstić information content (AvgIpc) is 2.64. The van der Waals surface area contributed by atoms with Crippen LogP contribution in [0, 0.1) is 5.82 Å². The van der Waals surface area contributed by atoms with Crippen LogP contribution in [0.2, 0.25) is 0 Å². The van der Waals surface area contributed by atoms with Crippen LogP contribution in [0.5, 0.6) is 5.75 Å². The van der Waals surface area contributed by atoms with E-state index in [2.05, 4.69) is 5.32 Å². The first-order chi connectivity index (χ1) is 12.7. The van der Waals surface area contributed by atoms with E-state index in [1.807, 2.05) is 13.8 Å². The first-order valence-electron chi connectivity index (χ1n) is 8.67. The lowest BCUT2D eigenvalue weighted by atomic mass is 9.84. The minimum absolute atomic E-state index is 0.0988. The van der Waals surface area contributed by atoms with Crippen molar-refractivity contribution in [2.45, 2.75) is 19.3 Å². The molecule has 2 aromatic carbocycles. The summed E-state index contributed by atoms with van der Waals surface area (Å²) in [6.07, 6.45) is 0. The van der Waals surface area contributed by atoms with Gasteiger partial charge in [0.1, 0.15) is 11.6 Å². The smallest absolute Gasteiger partial charge is 0.259 e. The van der Waals surface area contributed by atoms with Crippen molar-refractivity contribution in [3.8, 4) is 5.75 Å². The van der Waals surface area contributed by atoms with E-state index in [9.17, 15) is 14.0 Å². The Hall–Kier alpha value is -2.89. The maximum atomic E-state index is 14.0. The fourth-order valence-corrected chi connectivity index (χ4v) is 2.51. The highest BCUT2D eigenvalue weighted by Gasteiger charge is 2.24. The summed E-state index contributed by atoms with van der Waals surface area (Å²) in [6.45, 7) is 3.92. The lowest BCUT2D eigenvalue weighted by Gasteiger charge is -2.26. The first-order valence-corrected chi connectivity index (χ1v) is 8.67. The number of halogens is 1. The number of carbonyl (C=O) groups excluding carboxylic acids is 2. The summed E-state index contributed by atoms with van der Waals surface area (Å²) in [6, 6.07) is 13.2. The molecule has 0 unspecified atom stereocenters. The van der Waals surface area contributed by atoms with E-state index in [1.165, 1.54) is 11.0 Å². The predicted molar refractivity (Wildman–Crippen MR) is 102 cm³/mol. The quantitative estimate of drug-likeness (QED) is 0.813. The second-order valence-corrected chi connectivity index (χ2v) is 7.15. The SMILES string of the molecule is CN(C)C(=O)COc1cccc(C(=O)NCC(C)(C)c2ccccc2F)c1. The Morgan fingerprint density at radius 2 is 1.81 bits per heavy atom. The van der Waals surface area contributed by atoms with E-state index in [1.54, 1.807) is 56.6 Å². The molecule has 0 aliphatic rings. The molecule has 5 nitrogen and oxygen atoms in total. The van der Waals surface area contributed by atoms with Gasteiger partial charge < -0.3 is 15.0 Å². The number of likely N-dealkylation sites (N-methyl/N-ethyl adjacent to an activating group) is 1. The zero-order valence-electron chi connectivity index (χ0n) is 16.1. The summed E-state index contributed by atoms with van der Waals surface area (Å²) in [5, 5.41) is 2.84. The molecule has 0 fully saturated rings. The molecule has 0 spiro atoms. The van der Waals surface area contributed by atoms with Gasteiger partial charge in [0.15, 0.2) is 6.61 Å². The zero-order valence-corrected chi connectivity index (χ0v) is 16.1. The molecule has 6 heteroatoms. The van der Waals surface area contributed by atoms with Gasteiger partial charge in [-0.1, -0.05) is 38.1 Å². The number of ether oxygens (including phenoxy) is 1. The molecule has 0 aliphatic heterocycles. The van der Waals surface area contributed by atoms with Crippen molar-refractivity contribution in [2.24, 2.45) is 0 Å². The predicted octanol–water partition coefficient (Wildman–Crippen LogP) is 3.00. The van der Waals surface area contributed by atoms with E-state index < -0.39 is 5.41 Å². The van der Waals surface area contributed by atoms with Gasteiger partial charge in [0.25, 0.3) is 11.8 Å². The van der Waals surface area contributed by atoms with Crippen molar-refractivity contribution in [1.29, 1.82) is 0 Å². The fourth-order valence-electron chi connectivity index (χ4n) is 2.51. The van der Waals surface area contributed by atoms with Crippen molar-refractivity contribution in [2.75, 3.05) is 27.2 Å². The van der Waals surface area contributed by atoms with E-state index in [-0.39, 0.29) is 30.8 Å². The third-order valence-electron chi connectivity index (χ3n) is 4.25. The summed E-state index contributed by atoms with van der Waals surface area (Å²) in [5.41, 5.74) is 0.395. The molecule has 0 saturated carbocycles. The Labute approximate surface area is 159 Å². The largest absolute Gasteiger partial charge is 0.484 e. The number of carbonyl (C=O) groups is 2. The highest BCUT2D eigenvalue weighted by atomic mass is 19.1. The summed E-state index contributed by atoms with van der Waals surface area (Å²) >= 11 is 0. The van der Waals surface area contributed by atoms with Gasteiger partial charge in [-0.3, -0.25) is 9.59 Å². The first kappa shape index (κ1) is 20.4. The molecule has 144 valence electrons. The molecule has 0 bridgehead atoms. The number of benzene rings is 2. The van der Waals surface area contributed by atoms with Crippen molar-refractivity contribution >= 4 is 11.8 Å². The molecular formula is C21H25FN2O3. The molecule has 2 amide bonds. The Morgan fingerprint density at radius 1 is 1.11 bits per heavy atom. The topological polar surface area (TPSA) is 58.6 Å². The highest BCUT2D eigenvalue weighted by molar-refractivity contribution is 5.94. The maximum Gasteiger partial charge on any atom is 0.259 e. The van der Waals surface area contributed by atoms with E-state index in [0.29, 0.717) is 16.9 Å². The Kier molecular flexibility index (Phi) is 6.55. The van der Waals surface area contributed by atoms with Gasteiger partial charge in [-0.15, -0.1) is 0 Å². The van der Waals surface area contributed by atoms with Gasteiger partial charge in [0.2, 0.25) is 0 Å². The van der Waals surface area contributed by atoms with Crippen LogP contribution in [0.15, 0.2) is 48.5 Å². The lowest BCUT2D eigenvalue weighted by Crippen LogP contribution is -2.37. The standard InChI is InChI=1S/C21H25FN2O3/c1-21(2,17-10-5-6-11-18(17)22)14-23-20(26)15-8-7-9-16(12-15)27-13-19(25)24(3)4/h5-12H,13-14H2,1-4H3,(H,23,26). The van der Waals surface area contributed by atoms with Gasteiger partial charge in [-0.25, -0.2) is 4.39 Å². The highest BCUT2D eigenvalue weighted by Crippen LogP contribution is 2.25. The van der Waals surface area contributed by atoms with Crippen LogP contribution in [0.25, 0.3) is 0 Å². The van der Waals surface area contributed by atoms with E-state index in [4.69, 9.17) is 4.74 Å². The number of nitrogens with zero attached hydrogens (tertiary/aromatic N) is 1. The van der Waals surface area contributed by atoms with Crippen LogP contribution >= 0.6 is 0 Å². The van der Waals surface area contributed by atoms with Crippen LogP contribution in [0.3, 0.4) is 0 Å². The normalized spacial score (nSPS) is 11.0. The second-order valence-electron chi connectivity index (χ2n) is 7.15. The fraction of sp³-hybridized carbons (Fsp3) is 0.333. The van der Waals surface area contributed by atoms with Crippen LogP contribution in [0.4, 0.5) is 4.39 Å². The van der Waals surface area contributed by atoms with Crippen molar-refractivity contribution in [3.05, 3.63) is 65.5 Å². The average molecular weight is 372 g/mol. The summed E-state index contributed by atoms with van der Waals surface area (Å²) in [4.78, 5) is 25.5. The molecule has 0 aromatic heterocycles. The molecule has 27 heavy (non-hydrogen) atoms. The van der Waals surface area contributed by atoms with Crippen LogP contribution in [0.1, 0.15) is 29.8 Å². The van der Waals surface area contributed by atoms with Gasteiger partial charge in [0, 0.05) is 31.6 Å². The number of hydrogen-bond donors (Lipinski definition) is 1. The second kappa shape index (κ2) is 8.66. The van der Waals surface area contributed by atoms with E-state index >= 15 is 0 Å². The summed E-state index contributed by atoms with van der Waals surface area (Å²) in [7, 11) is 3.29. The maximum absolute atomic E-state index is 14.0. The van der Waals surface area contributed by atoms with Crippen molar-refractivity contribution < 1.29 is 18.7 Å². The third-order valence-corrected chi connectivity index (χ3v) is 4.25. The minimum Gasteiger partial charge on any atom is -0.484 e. The molecule has 0 radical (unpaired) electrons. The number of amides is 2. The Morgan fingerprint density at radius 3 is 2.48 bits per heavy atom. The zero-order chi connectivity index (χ0) is 20.0. The third kappa shape index (κ3) is 5.54. The van der Waals surface area contributed by atoms with Crippen LogP contribution in [-0.4, -0.2) is 44.0 Å². The molecule has 2 rings (SSSR count). The van der Waals surface area contributed by atoms with Crippen molar-refractivity contribution in [1.82, 2.24) is 10.2 Å². The van der Waals surface area contributed by atoms with Gasteiger partial charge in [0.05, 0.1) is 0 Å². The van der Waals surface area contributed by atoms with Gasteiger partial charge in [-0.2, -0.15) is 0 Å². The molecular weight excluding hydrogens is 347 g/mol. The molecule has 0 aliphatic carbocycles. The lowest BCUT2D eigenvalue weighted by molar-refractivity contribution is -0.130. The Bertz CT molecular complexity index is 819. The molecule has 1 N–H and O–H groups in total. The monoisotopic (exact) mass is 372 g/mol. The van der Waals surface area contributed by atoms with Crippen molar-refractivity contribution in [3.63, 3.8) is 0 Å². The molecule has 2 aromatic rings. The molecule has 0 heterocycles. The number of rotatable bonds is 7. The summed E-state index contributed by atoms with van der Waals surface area (Å²) in [5.74, 6) is -0.316. The molecule has 0 atom stereocenters. The summed E-state index contributed by atoms with van der Waals surface area (Å²) < 4.78 is 19.5. The Balaban J connectivity index is 2.01. The van der Waals surface area contributed by atoms with Gasteiger partial charge >= 0.3 is 0 Å². The number of nitrogens with one attached hydrogen (secondary N) is 1. The molecule has 0 saturated heterocycles. The van der Waals surface area contributed by atoms with Crippen LogP contribution < -0.4 is 10.1 Å². The van der Waals surface area contributed by atoms with Gasteiger partial charge in [-0.05, 0) is 29.8 Å². The van der Waals surface area contributed by atoms with E-state index in [0.717, 1.165) is 0 Å². The number of hydrogen-bond acceptors (Lipinski definition) is 3. The minimum atomic E-state index is -0.562.